The Kier molecular flexibility index (Phi) is 5.57. The molecule has 1 unspecified atom stereocenters. The number of ether oxygens (including phenoxy) is 1. The summed E-state index contributed by atoms with van der Waals surface area (Å²) in [5.41, 5.74) is 0. The smallest absolute Gasteiger partial charge is 0.389 e. The third-order valence-corrected chi connectivity index (χ3v) is 1.92. The Balaban J connectivity index is 4.18. The molecular formula is C9H15F3O2. The Labute approximate surface area is 81.4 Å². The Morgan fingerprint density at radius 2 is 2.00 bits per heavy atom. The second-order valence-corrected chi connectivity index (χ2v) is 3.18. The minimum atomic E-state index is -4.30. The van der Waals surface area contributed by atoms with Crippen LogP contribution in [0.5, 0.6) is 0 Å². The summed E-state index contributed by atoms with van der Waals surface area (Å²) in [4.78, 5) is 11.0. The van der Waals surface area contributed by atoms with Gasteiger partial charge in [-0.1, -0.05) is 19.8 Å². The Morgan fingerprint density at radius 1 is 1.43 bits per heavy atom. The number of halogens is 3. The van der Waals surface area contributed by atoms with E-state index < -0.39 is 24.5 Å². The monoisotopic (exact) mass is 212 g/mol. The van der Waals surface area contributed by atoms with Gasteiger partial charge in [0.25, 0.3) is 0 Å². The molecule has 0 amide bonds. The molecule has 0 aromatic heterocycles. The summed E-state index contributed by atoms with van der Waals surface area (Å²) in [5.74, 6) is -1.81. The van der Waals surface area contributed by atoms with Gasteiger partial charge in [0.15, 0.2) is 0 Å². The predicted octanol–water partition coefficient (Wildman–Crippen LogP) is 2.92. The molecule has 0 aromatic rings. The molecule has 84 valence electrons. The van der Waals surface area contributed by atoms with Crippen molar-refractivity contribution in [1.82, 2.24) is 0 Å². The maximum absolute atomic E-state index is 12.0. The molecule has 0 aliphatic carbocycles. The molecule has 0 aliphatic heterocycles. The molecule has 0 saturated heterocycles. The molecule has 0 spiro atoms. The first kappa shape index (κ1) is 13.3. The summed E-state index contributed by atoms with van der Waals surface area (Å²) in [5, 5.41) is 0. The Morgan fingerprint density at radius 3 is 2.36 bits per heavy atom. The maximum Gasteiger partial charge on any atom is 0.389 e. The van der Waals surface area contributed by atoms with Crippen molar-refractivity contribution >= 4 is 5.97 Å². The lowest BCUT2D eigenvalue weighted by Gasteiger charge is -2.15. The van der Waals surface area contributed by atoms with Crippen molar-refractivity contribution in [1.29, 1.82) is 0 Å². The lowest BCUT2D eigenvalue weighted by Crippen LogP contribution is -2.23. The average molecular weight is 212 g/mol. The Hall–Kier alpha value is -0.740. The second-order valence-electron chi connectivity index (χ2n) is 3.18. The molecule has 2 nitrogen and oxygen atoms in total. The molecule has 5 heteroatoms. The maximum atomic E-state index is 12.0. The third-order valence-electron chi connectivity index (χ3n) is 1.92. The standard InChI is InChI=1S/C9H15F3O2/c1-3-4-5-7(8(13)14-2)6-9(10,11)12/h7H,3-6H2,1-2H3. The molecule has 0 aromatic carbocycles. The van der Waals surface area contributed by atoms with Crippen molar-refractivity contribution < 1.29 is 22.7 Å². The van der Waals surface area contributed by atoms with E-state index in [1.807, 2.05) is 6.92 Å². The molecule has 0 saturated carbocycles. The van der Waals surface area contributed by atoms with Gasteiger partial charge in [-0.15, -0.1) is 0 Å². The topological polar surface area (TPSA) is 26.3 Å². The quantitative estimate of drug-likeness (QED) is 0.655. The molecule has 0 fully saturated rings. The van der Waals surface area contributed by atoms with Gasteiger partial charge in [0.1, 0.15) is 0 Å². The molecule has 0 aliphatic rings. The van der Waals surface area contributed by atoms with Gasteiger partial charge in [-0.05, 0) is 6.42 Å². The van der Waals surface area contributed by atoms with Crippen LogP contribution in [0.3, 0.4) is 0 Å². The van der Waals surface area contributed by atoms with Gasteiger partial charge in [-0.25, -0.2) is 0 Å². The molecule has 14 heavy (non-hydrogen) atoms. The highest BCUT2D eigenvalue weighted by molar-refractivity contribution is 5.72. The summed E-state index contributed by atoms with van der Waals surface area (Å²) in [6.07, 6.45) is -3.77. The molecule has 0 N–H and O–H groups in total. The van der Waals surface area contributed by atoms with E-state index in [9.17, 15) is 18.0 Å². The molecule has 0 radical (unpaired) electrons. The molecule has 1 atom stereocenters. The highest BCUT2D eigenvalue weighted by Crippen LogP contribution is 2.28. The van der Waals surface area contributed by atoms with Gasteiger partial charge < -0.3 is 4.74 Å². The van der Waals surface area contributed by atoms with E-state index in [0.29, 0.717) is 6.42 Å². The number of rotatable bonds is 5. The van der Waals surface area contributed by atoms with Crippen LogP contribution >= 0.6 is 0 Å². The van der Waals surface area contributed by atoms with Crippen LogP contribution in [0.25, 0.3) is 0 Å². The number of esters is 1. The molecule has 0 rings (SSSR count). The summed E-state index contributed by atoms with van der Waals surface area (Å²) >= 11 is 0. The number of carbonyl (C=O) groups is 1. The highest BCUT2D eigenvalue weighted by atomic mass is 19.4. The first-order chi connectivity index (χ1) is 6.40. The number of methoxy groups -OCH3 is 1. The molecule has 0 heterocycles. The van der Waals surface area contributed by atoms with Crippen molar-refractivity contribution in [3.8, 4) is 0 Å². The molecule has 0 bridgehead atoms. The van der Waals surface area contributed by atoms with Crippen LogP contribution in [0.2, 0.25) is 0 Å². The number of hydrogen-bond acceptors (Lipinski definition) is 2. The zero-order chi connectivity index (χ0) is 11.2. The van der Waals surface area contributed by atoms with Crippen LogP contribution in [0.1, 0.15) is 32.6 Å². The van der Waals surface area contributed by atoms with E-state index in [1.165, 1.54) is 0 Å². The number of unbranched alkanes of at least 4 members (excludes halogenated alkanes) is 1. The second kappa shape index (κ2) is 5.88. The van der Waals surface area contributed by atoms with E-state index in [1.54, 1.807) is 0 Å². The summed E-state index contributed by atoms with van der Waals surface area (Å²) in [6, 6.07) is 0. The molecular weight excluding hydrogens is 197 g/mol. The van der Waals surface area contributed by atoms with Crippen LogP contribution in [-0.4, -0.2) is 19.3 Å². The first-order valence-corrected chi connectivity index (χ1v) is 4.55. The van der Waals surface area contributed by atoms with Crippen LogP contribution < -0.4 is 0 Å². The summed E-state index contributed by atoms with van der Waals surface area (Å²) in [6.45, 7) is 1.86. The van der Waals surface area contributed by atoms with Gasteiger partial charge in [0.05, 0.1) is 19.4 Å². The normalized spacial score (nSPS) is 13.8. The fourth-order valence-electron chi connectivity index (χ4n) is 1.20. The summed E-state index contributed by atoms with van der Waals surface area (Å²) < 4.78 is 40.4. The zero-order valence-corrected chi connectivity index (χ0v) is 8.36. The lowest BCUT2D eigenvalue weighted by molar-refractivity contribution is -0.166. The van der Waals surface area contributed by atoms with Gasteiger partial charge in [-0.3, -0.25) is 4.79 Å². The fraction of sp³-hybridized carbons (Fsp3) is 0.889. The largest absolute Gasteiger partial charge is 0.469 e. The van der Waals surface area contributed by atoms with Crippen molar-refractivity contribution in [2.75, 3.05) is 7.11 Å². The van der Waals surface area contributed by atoms with E-state index in [4.69, 9.17) is 0 Å². The van der Waals surface area contributed by atoms with Crippen LogP contribution in [0, 0.1) is 5.92 Å². The number of alkyl halides is 3. The van der Waals surface area contributed by atoms with E-state index in [0.717, 1.165) is 13.5 Å². The number of carbonyl (C=O) groups excluding carboxylic acids is 1. The third kappa shape index (κ3) is 5.83. The average Bonchev–Trinajstić information content (AvgIpc) is 2.09. The van der Waals surface area contributed by atoms with Crippen LogP contribution in [0.4, 0.5) is 13.2 Å². The van der Waals surface area contributed by atoms with Gasteiger partial charge in [0.2, 0.25) is 0 Å². The Bertz CT molecular complexity index is 177. The van der Waals surface area contributed by atoms with E-state index in [2.05, 4.69) is 4.74 Å². The highest BCUT2D eigenvalue weighted by Gasteiger charge is 2.35. The van der Waals surface area contributed by atoms with E-state index >= 15 is 0 Å². The van der Waals surface area contributed by atoms with Crippen molar-refractivity contribution in [2.45, 2.75) is 38.8 Å². The zero-order valence-electron chi connectivity index (χ0n) is 8.36. The fourth-order valence-corrected chi connectivity index (χ4v) is 1.20. The first-order valence-electron chi connectivity index (χ1n) is 4.55. The van der Waals surface area contributed by atoms with Crippen molar-refractivity contribution in [3.05, 3.63) is 0 Å². The van der Waals surface area contributed by atoms with Gasteiger partial charge >= 0.3 is 12.1 Å². The SMILES string of the molecule is CCCCC(CC(F)(F)F)C(=O)OC. The van der Waals surface area contributed by atoms with Gasteiger partial charge in [0, 0.05) is 0 Å². The van der Waals surface area contributed by atoms with E-state index in [-0.39, 0.29) is 6.42 Å². The predicted molar refractivity (Wildman–Crippen MR) is 45.7 cm³/mol. The lowest BCUT2D eigenvalue weighted by atomic mass is 9.98. The van der Waals surface area contributed by atoms with Crippen molar-refractivity contribution in [3.63, 3.8) is 0 Å². The minimum Gasteiger partial charge on any atom is -0.469 e. The summed E-state index contributed by atoms with van der Waals surface area (Å²) in [7, 11) is 1.11. The van der Waals surface area contributed by atoms with Crippen molar-refractivity contribution in [2.24, 2.45) is 5.92 Å². The van der Waals surface area contributed by atoms with Gasteiger partial charge in [-0.2, -0.15) is 13.2 Å². The van der Waals surface area contributed by atoms with Crippen LogP contribution in [-0.2, 0) is 9.53 Å². The number of hydrogen-bond donors (Lipinski definition) is 0. The minimum absolute atomic E-state index is 0.239. The van der Waals surface area contributed by atoms with Crippen LogP contribution in [0.15, 0.2) is 0 Å².